The van der Waals surface area contributed by atoms with E-state index in [0.717, 1.165) is 21.4 Å². The summed E-state index contributed by atoms with van der Waals surface area (Å²) in [5.74, 6) is -1.34. The second-order valence-corrected chi connectivity index (χ2v) is 14.6. The minimum atomic E-state index is -0.661. The summed E-state index contributed by atoms with van der Waals surface area (Å²) in [5, 5.41) is 11.7. The van der Waals surface area contributed by atoms with Gasteiger partial charge in [0.15, 0.2) is 11.2 Å². The Morgan fingerprint density at radius 1 is 0.588 bits per heavy atom. The zero-order valence-corrected chi connectivity index (χ0v) is 37.4. The summed E-state index contributed by atoms with van der Waals surface area (Å²) in [6.45, 7) is 4.07. The van der Waals surface area contributed by atoms with Gasteiger partial charge in [0.1, 0.15) is 35.7 Å². The number of carbonyl (C=O) groups excluding carboxylic acids is 2. The number of rotatable bonds is 11. The van der Waals surface area contributed by atoms with Crippen molar-refractivity contribution in [3.05, 3.63) is 213 Å². The van der Waals surface area contributed by atoms with E-state index in [-0.39, 0.29) is 53.1 Å². The molecule has 0 bridgehead atoms. The van der Waals surface area contributed by atoms with E-state index in [1.165, 1.54) is 19.0 Å². The molecular weight excluding hydrogens is 886 g/mol. The number of aromatic nitrogens is 7. The van der Waals surface area contributed by atoms with E-state index in [9.17, 15) is 24.3 Å². The van der Waals surface area contributed by atoms with Crippen LogP contribution in [0, 0.1) is 0 Å². The number of aromatic hydroxyl groups is 1. The fourth-order valence-corrected chi connectivity index (χ4v) is 7.07. The van der Waals surface area contributed by atoms with Crippen molar-refractivity contribution >= 4 is 34.6 Å². The average molecular weight is 928 g/mol. The van der Waals surface area contributed by atoms with Gasteiger partial charge in [-0.05, 0) is 25.0 Å². The molecule has 5 aromatic carbocycles. The number of nitrogens with one attached hydrogen (secondary N) is 1. The normalized spacial score (nSPS) is 10.5. The molecule has 0 unspecified atom stereocenters. The SMILES string of the molecule is CCOC(=O)c1c(-c2ccccc2)nc[nH]c1=O.CCOC(=O)c1c(Cl)ncnc1-c1ccccc1.O=c1c(-c2ccccc2)c(O)c2c(-c3ccccc3)ncnc2n1OCc1ccccc1. The maximum absolute atomic E-state index is 13.5. The molecule has 9 rings (SSSR count). The highest BCUT2D eigenvalue weighted by molar-refractivity contribution is 6.33. The zero-order valence-electron chi connectivity index (χ0n) is 36.7. The Kier molecular flexibility index (Phi) is 15.9. The number of hydrogen-bond acceptors (Lipinski definition) is 13. The molecule has 16 heteroatoms. The third-order valence-corrected chi connectivity index (χ3v) is 10.2. The molecule has 0 saturated carbocycles. The molecule has 68 heavy (non-hydrogen) atoms. The van der Waals surface area contributed by atoms with E-state index in [4.69, 9.17) is 25.9 Å². The first-order valence-corrected chi connectivity index (χ1v) is 21.5. The van der Waals surface area contributed by atoms with Crippen molar-refractivity contribution in [2.75, 3.05) is 13.2 Å². The van der Waals surface area contributed by atoms with Crippen molar-refractivity contribution in [3.63, 3.8) is 0 Å². The maximum Gasteiger partial charge on any atom is 0.346 e. The standard InChI is InChI=1S/C26H19N3O3.C13H11ClN2O2.C13H12N2O3/c30-24-21(19-12-6-2-7-13-19)26(31)29(32-16-18-10-4-1-5-11-18)25-22(24)23(27-17-28-25)20-14-8-3-9-15-20;1-2-18-13(17)10-11(15-8-16-12(10)14)9-6-4-3-5-7-9;1-2-18-13(17)10-11(14-8-15-12(10)16)9-6-4-3-5-7-9/h1-15,17,30H,16H2;3-8H,2H2,1H3;3-8H,2H2,1H3,(H,14,15,16). The van der Waals surface area contributed by atoms with Crippen LogP contribution in [-0.4, -0.2) is 64.9 Å². The van der Waals surface area contributed by atoms with Crippen LogP contribution in [0.25, 0.3) is 55.9 Å². The number of pyridine rings is 1. The number of H-pyrrole nitrogens is 1. The second-order valence-electron chi connectivity index (χ2n) is 14.3. The average Bonchev–Trinajstić information content (AvgIpc) is 3.38. The van der Waals surface area contributed by atoms with Crippen LogP contribution in [0.1, 0.15) is 40.1 Å². The van der Waals surface area contributed by atoms with E-state index in [1.807, 2.05) is 127 Å². The summed E-state index contributed by atoms with van der Waals surface area (Å²) in [5.41, 5.74) is 4.59. The molecule has 0 fully saturated rings. The number of nitrogens with zero attached hydrogens (tertiary/aromatic N) is 6. The molecule has 0 aliphatic carbocycles. The summed E-state index contributed by atoms with van der Waals surface area (Å²) in [6, 6.07) is 46.4. The van der Waals surface area contributed by atoms with Crippen LogP contribution in [0.2, 0.25) is 5.15 Å². The molecule has 9 aromatic rings. The molecule has 0 atom stereocenters. The van der Waals surface area contributed by atoms with Crippen molar-refractivity contribution in [2.24, 2.45) is 0 Å². The minimum Gasteiger partial charge on any atom is -0.506 e. The van der Waals surface area contributed by atoms with Crippen molar-refractivity contribution in [3.8, 4) is 50.6 Å². The number of halogens is 1. The molecule has 2 N–H and O–H groups in total. The lowest BCUT2D eigenvalue weighted by atomic mass is 10.0. The molecule has 0 aliphatic rings. The largest absolute Gasteiger partial charge is 0.506 e. The fraction of sp³-hybridized carbons (Fsp3) is 0.0962. The van der Waals surface area contributed by atoms with Crippen LogP contribution < -0.4 is 16.0 Å². The number of fused-ring (bicyclic) bond motifs is 1. The fourth-order valence-electron chi connectivity index (χ4n) is 6.86. The Bertz CT molecular complexity index is 3250. The van der Waals surface area contributed by atoms with Crippen molar-refractivity contribution in [1.29, 1.82) is 0 Å². The lowest BCUT2D eigenvalue weighted by molar-refractivity contribution is 0.0516. The van der Waals surface area contributed by atoms with Crippen LogP contribution in [0.3, 0.4) is 0 Å². The van der Waals surface area contributed by atoms with Gasteiger partial charge in [-0.15, -0.1) is 4.73 Å². The molecule has 340 valence electrons. The van der Waals surface area contributed by atoms with Crippen molar-refractivity contribution < 1.29 is 29.0 Å². The lowest BCUT2D eigenvalue weighted by Gasteiger charge is -2.16. The van der Waals surface area contributed by atoms with Crippen LogP contribution in [0.5, 0.6) is 5.75 Å². The number of carbonyl (C=O) groups is 2. The molecule has 0 radical (unpaired) electrons. The van der Waals surface area contributed by atoms with Gasteiger partial charge in [0, 0.05) is 16.7 Å². The second kappa shape index (κ2) is 22.9. The van der Waals surface area contributed by atoms with Crippen LogP contribution >= 0.6 is 11.6 Å². The summed E-state index contributed by atoms with van der Waals surface area (Å²) in [7, 11) is 0. The molecule has 0 spiro atoms. The van der Waals surface area contributed by atoms with Gasteiger partial charge < -0.3 is 24.4 Å². The Balaban J connectivity index is 0.000000163. The quantitative estimate of drug-likeness (QED) is 0.0920. The smallest absolute Gasteiger partial charge is 0.346 e. The highest BCUT2D eigenvalue weighted by atomic mass is 35.5. The third-order valence-electron chi connectivity index (χ3n) is 9.91. The van der Waals surface area contributed by atoms with E-state index >= 15 is 0 Å². The topological polar surface area (TPSA) is 201 Å². The molecular formula is C52H42ClN7O8. The molecule has 4 aromatic heterocycles. The minimum absolute atomic E-state index is 0.0643. The first-order chi connectivity index (χ1) is 33.2. The van der Waals surface area contributed by atoms with E-state index in [0.29, 0.717) is 33.6 Å². The summed E-state index contributed by atoms with van der Waals surface area (Å²) in [6.07, 6.45) is 3.97. The Labute approximate surface area is 394 Å². The number of hydrogen-bond donors (Lipinski definition) is 2. The Morgan fingerprint density at radius 2 is 1.04 bits per heavy atom. The van der Waals surface area contributed by atoms with Gasteiger partial charge >= 0.3 is 11.9 Å². The van der Waals surface area contributed by atoms with E-state index in [1.54, 1.807) is 38.1 Å². The van der Waals surface area contributed by atoms with Crippen molar-refractivity contribution in [1.82, 2.24) is 34.6 Å². The van der Waals surface area contributed by atoms with E-state index in [2.05, 4.69) is 29.9 Å². The van der Waals surface area contributed by atoms with Crippen molar-refractivity contribution in [2.45, 2.75) is 20.5 Å². The number of benzene rings is 5. The third kappa shape index (κ3) is 11.0. The Morgan fingerprint density at radius 3 is 1.59 bits per heavy atom. The molecule has 0 aliphatic heterocycles. The maximum atomic E-state index is 13.5. The predicted octanol–water partition coefficient (Wildman–Crippen LogP) is 9.05. The predicted molar refractivity (Wildman–Crippen MR) is 258 cm³/mol. The van der Waals surface area contributed by atoms with Crippen LogP contribution in [0.4, 0.5) is 0 Å². The summed E-state index contributed by atoms with van der Waals surface area (Å²) >= 11 is 5.96. The summed E-state index contributed by atoms with van der Waals surface area (Å²) < 4.78 is 11.0. The van der Waals surface area contributed by atoms with Crippen LogP contribution in [0.15, 0.2) is 180 Å². The monoisotopic (exact) mass is 927 g/mol. The number of aromatic amines is 1. The van der Waals surface area contributed by atoms with Gasteiger partial charge in [-0.1, -0.05) is 163 Å². The van der Waals surface area contributed by atoms with Gasteiger partial charge in [-0.2, -0.15) is 0 Å². The highest BCUT2D eigenvalue weighted by Crippen LogP contribution is 2.37. The van der Waals surface area contributed by atoms with Gasteiger partial charge in [0.2, 0.25) is 0 Å². The van der Waals surface area contributed by atoms with Gasteiger partial charge in [0.05, 0.1) is 47.6 Å². The zero-order chi connectivity index (χ0) is 47.8. The highest BCUT2D eigenvalue weighted by Gasteiger charge is 2.24. The van der Waals surface area contributed by atoms with E-state index < -0.39 is 23.1 Å². The lowest BCUT2D eigenvalue weighted by Crippen LogP contribution is -2.29. The first kappa shape index (κ1) is 47.2. The first-order valence-electron chi connectivity index (χ1n) is 21.2. The molecule has 15 nitrogen and oxygen atoms in total. The van der Waals surface area contributed by atoms with Gasteiger partial charge in [-0.3, -0.25) is 9.59 Å². The number of ether oxygens (including phenoxy) is 2. The molecule has 4 heterocycles. The number of esters is 2. The Hall–Kier alpha value is -8.82. The summed E-state index contributed by atoms with van der Waals surface area (Å²) in [4.78, 5) is 77.9. The van der Waals surface area contributed by atoms with Gasteiger partial charge in [0.25, 0.3) is 11.1 Å². The van der Waals surface area contributed by atoms with Crippen LogP contribution in [-0.2, 0) is 16.1 Å². The molecule has 0 amide bonds. The molecule has 0 saturated heterocycles. The van der Waals surface area contributed by atoms with Gasteiger partial charge in [-0.25, -0.2) is 34.5 Å².